The predicted octanol–water partition coefficient (Wildman–Crippen LogP) is 3.49. The SMILES string of the molecule is CC(O)c1cccn1Cc1cc(Br)ccc1F. The van der Waals surface area contributed by atoms with Gasteiger partial charge in [-0.15, -0.1) is 0 Å². The summed E-state index contributed by atoms with van der Waals surface area (Å²) in [6.45, 7) is 2.11. The Balaban J connectivity index is 2.31. The van der Waals surface area contributed by atoms with E-state index in [0.717, 1.165) is 10.2 Å². The zero-order valence-electron chi connectivity index (χ0n) is 9.40. The van der Waals surface area contributed by atoms with Crippen LogP contribution in [0.25, 0.3) is 0 Å². The summed E-state index contributed by atoms with van der Waals surface area (Å²) in [5.41, 5.74) is 1.38. The van der Waals surface area contributed by atoms with Gasteiger partial charge in [-0.3, -0.25) is 0 Å². The maximum Gasteiger partial charge on any atom is 0.128 e. The normalized spacial score (nSPS) is 12.7. The lowest BCUT2D eigenvalue weighted by atomic mass is 10.2. The van der Waals surface area contributed by atoms with Crippen molar-refractivity contribution in [3.05, 3.63) is 58.1 Å². The number of aliphatic hydroxyl groups excluding tert-OH is 1. The van der Waals surface area contributed by atoms with Crippen molar-refractivity contribution >= 4 is 15.9 Å². The van der Waals surface area contributed by atoms with Gasteiger partial charge < -0.3 is 9.67 Å². The van der Waals surface area contributed by atoms with E-state index in [0.29, 0.717) is 12.1 Å². The fourth-order valence-corrected chi connectivity index (χ4v) is 2.21. The minimum Gasteiger partial charge on any atom is -0.387 e. The molecule has 2 aromatic rings. The van der Waals surface area contributed by atoms with Gasteiger partial charge in [0.2, 0.25) is 0 Å². The molecule has 0 radical (unpaired) electrons. The van der Waals surface area contributed by atoms with Crippen LogP contribution in [0.2, 0.25) is 0 Å². The van der Waals surface area contributed by atoms with E-state index in [1.54, 1.807) is 19.1 Å². The molecule has 1 N–H and O–H groups in total. The topological polar surface area (TPSA) is 25.2 Å². The minimum absolute atomic E-state index is 0.238. The Morgan fingerprint density at radius 1 is 1.41 bits per heavy atom. The maximum atomic E-state index is 13.6. The first kappa shape index (κ1) is 12.3. The van der Waals surface area contributed by atoms with E-state index in [9.17, 15) is 9.50 Å². The van der Waals surface area contributed by atoms with Gasteiger partial charge in [0.25, 0.3) is 0 Å². The zero-order chi connectivity index (χ0) is 12.4. The molecule has 0 aliphatic carbocycles. The number of benzene rings is 1. The molecular formula is C13H13BrFNO. The van der Waals surface area contributed by atoms with Gasteiger partial charge in [-0.1, -0.05) is 15.9 Å². The second-order valence-electron chi connectivity index (χ2n) is 3.97. The van der Waals surface area contributed by atoms with Crippen LogP contribution < -0.4 is 0 Å². The standard InChI is InChI=1S/C13H13BrFNO/c1-9(17)13-3-2-6-16(13)8-10-7-11(14)4-5-12(10)15/h2-7,9,17H,8H2,1H3. The Morgan fingerprint density at radius 2 is 2.18 bits per heavy atom. The van der Waals surface area contributed by atoms with Gasteiger partial charge in [-0.25, -0.2) is 4.39 Å². The molecule has 4 heteroatoms. The van der Waals surface area contributed by atoms with Crippen LogP contribution >= 0.6 is 15.9 Å². The van der Waals surface area contributed by atoms with Crippen LogP contribution in [0.5, 0.6) is 0 Å². The summed E-state index contributed by atoms with van der Waals surface area (Å²) in [6, 6.07) is 8.54. The molecule has 0 saturated carbocycles. The van der Waals surface area contributed by atoms with Crippen molar-refractivity contribution in [3.8, 4) is 0 Å². The molecule has 2 nitrogen and oxygen atoms in total. The Hall–Kier alpha value is -1.13. The summed E-state index contributed by atoms with van der Waals surface area (Å²) in [5.74, 6) is -0.238. The molecule has 2 rings (SSSR count). The summed E-state index contributed by atoms with van der Waals surface area (Å²) in [5, 5.41) is 9.57. The van der Waals surface area contributed by atoms with E-state index in [2.05, 4.69) is 15.9 Å². The molecule has 1 unspecified atom stereocenters. The molecule has 0 aliphatic rings. The van der Waals surface area contributed by atoms with Crippen molar-refractivity contribution in [3.63, 3.8) is 0 Å². The van der Waals surface area contributed by atoms with Gasteiger partial charge in [0.05, 0.1) is 12.6 Å². The summed E-state index contributed by atoms with van der Waals surface area (Å²) in [7, 11) is 0. The molecule has 0 amide bonds. The highest BCUT2D eigenvalue weighted by Gasteiger charge is 2.09. The predicted molar refractivity (Wildman–Crippen MR) is 68.3 cm³/mol. The maximum absolute atomic E-state index is 13.6. The van der Waals surface area contributed by atoms with E-state index in [-0.39, 0.29) is 5.82 Å². The lowest BCUT2D eigenvalue weighted by Crippen LogP contribution is -2.07. The van der Waals surface area contributed by atoms with E-state index < -0.39 is 6.10 Å². The summed E-state index contributed by atoms with van der Waals surface area (Å²) in [6.07, 6.45) is 1.28. The number of halogens is 2. The minimum atomic E-state index is -0.555. The largest absolute Gasteiger partial charge is 0.387 e. The van der Waals surface area contributed by atoms with Gasteiger partial charge in [0.1, 0.15) is 5.82 Å². The Bertz CT molecular complexity index is 522. The highest BCUT2D eigenvalue weighted by Crippen LogP contribution is 2.19. The molecule has 1 atom stereocenters. The summed E-state index contributed by atoms with van der Waals surface area (Å²) in [4.78, 5) is 0. The Kier molecular flexibility index (Phi) is 3.64. The molecule has 0 fully saturated rings. The quantitative estimate of drug-likeness (QED) is 0.922. The highest BCUT2D eigenvalue weighted by atomic mass is 79.9. The number of aromatic nitrogens is 1. The average Bonchev–Trinajstić information content (AvgIpc) is 2.71. The molecular weight excluding hydrogens is 285 g/mol. The first-order valence-corrected chi connectivity index (χ1v) is 6.14. The molecule has 0 spiro atoms. The fraction of sp³-hybridized carbons (Fsp3) is 0.231. The molecule has 90 valence electrons. The fourth-order valence-electron chi connectivity index (χ4n) is 1.80. The van der Waals surface area contributed by atoms with E-state index in [4.69, 9.17) is 0 Å². The van der Waals surface area contributed by atoms with Crippen molar-refractivity contribution < 1.29 is 9.50 Å². The van der Waals surface area contributed by atoms with Gasteiger partial charge in [-0.05, 0) is 37.3 Å². The first-order chi connectivity index (χ1) is 8.08. The Labute approximate surface area is 108 Å². The van der Waals surface area contributed by atoms with Gasteiger partial charge in [0.15, 0.2) is 0 Å². The van der Waals surface area contributed by atoms with Crippen LogP contribution in [0.1, 0.15) is 24.3 Å². The number of rotatable bonds is 3. The van der Waals surface area contributed by atoms with Crippen LogP contribution in [0.4, 0.5) is 4.39 Å². The van der Waals surface area contributed by atoms with Crippen LogP contribution in [0.15, 0.2) is 41.0 Å². The van der Waals surface area contributed by atoms with Gasteiger partial charge >= 0.3 is 0 Å². The number of hydrogen-bond acceptors (Lipinski definition) is 1. The summed E-state index contributed by atoms with van der Waals surface area (Å²) >= 11 is 3.32. The van der Waals surface area contributed by atoms with Crippen molar-refractivity contribution in [2.24, 2.45) is 0 Å². The average molecular weight is 298 g/mol. The molecule has 1 aromatic heterocycles. The molecule has 0 saturated heterocycles. The molecule has 0 aliphatic heterocycles. The third-order valence-electron chi connectivity index (χ3n) is 2.64. The lowest BCUT2D eigenvalue weighted by Gasteiger charge is -2.12. The molecule has 1 aromatic carbocycles. The number of aliphatic hydroxyl groups is 1. The monoisotopic (exact) mass is 297 g/mol. The Morgan fingerprint density at radius 3 is 2.88 bits per heavy atom. The lowest BCUT2D eigenvalue weighted by molar-refractivity contribution is 0.189. The third kappa shape index (κ3) is 2.76. The molecule has 17 heavy (non-hydrogen) atoms. The van der Waals surface area contributed by atoms with E-state index in [1.807, 2.05) is 22.9 Å². The van der Waals surface area contributed by atoms with Crippen molar-refractivity contribution in [1.82, 2.24) is 4.57 Å². The first-order valence-electron chi connectivity index (χ1n) is 5.35. The molecule has 1 heterocycles. The van der Waals surface area contributed by atoms with Crippen molar-refractivity contribution in [1.29, 1.82) is 0 Å². The van der Waals surface area contributed by atoms with Gasteiger partial charge in [-0.2, -0.15) is 0 Å². The van der Waals surface area contributed by atoms with Crippen molar-refractivity contribution in [2.75, 3.05) is 0 Å². The smallest absolute Gasteiger partial charge is 0.128 e. The van der Waals surface area contributed by atoms with E-state index >= 15 is 0 Å². The van der Waals surface area contributed by atoms with Crippen LogP contribution in [0, 0.1) is 5.82 Å². The second-order valence-corrected chi connectivity index (χ2v) is 4.89. The van der Waals surface area contributed by atoms with Crippen molar-refractivity contribution in [2.45, 2.75) is 19.6 Å². The number of nitrogens with zero attached hydrogens (tertiary/aromatic N) is 1. The second kappa shape index (κ2) is 5.02. The summed E-state index contributed by atoms with van der Waals surface area (Å²) < 4.78 is 16.3. The van der Waals surface area contributed by atoms with E-state index in [1.165, 1.54) is 6.07 Å². The van der Waals surface area contributed by atoms with Crippen LogP contribution in [0.3, 0.4) is 0 Å². The number of hydrogen-bond donors (Lipinski definition) is 1. The zero-order valence-corrected chi connectivity index (χ0v) is 11.0. The van der Waals surface area contributed by atoms with Crippen LogP contribution in [-0.4, -0.2) is 9.67 Å². The highest BCUT2D eigenvalue weighted by molar-refractivity contribution is 9.10. The van der Waals surface area contributed by atoms with Crippen LogP contribution in [-0.2, 0) is 6.54 Å². The van der Waals surface area contributed by atoms with Gasteiger partial charge in [0, 0.05) is 21.9 Å². The third-order valence-corrected chi connectivity index (χ3v) is 3.13. The molecule has 0 bridgehead atoms.